The van der Waals surface area contributed by atoms with Crippen LogP contribution in [0.3, 0.4) is 0 Å². The Morgan fingerprint density at radius 2 is 1.09 bits per heavy atom. The monoisotopic (exact) mass is 308 g/mol. The van der Waals surface area contributed by atoms with Gasteiger partial charge in [0.2, 0.25) is 0 Å². The molecular weight excluding hydrogens is 292 g/mol. The summed E-state index contributed by atoms with van der Waals surface area (Å²) in [5, 5.41) is 1.29. The molecule has 0 atom stereocenters. The minimum absolute atomic E-state index is 0.958. The Morgan fingerprint density at radius 1 is 0.522 bits per heavy atom. The smallest absolute Gasteiger partial charge is 0.0404 e. The molecule has 0 aliphatic carbocycles. The van der Waals surface area contributed by atoms with Crippen LogP contribution in [0.5, 0.6) is 0 Å². The second-order valence-corrected chi connectivity index (χ2v) is 6.31. The molecule has 3 rings (SSSR count). The van der Waals surface area contributed by atoms with E-state index < -0.39 is 0 Å². The van der Waals surface area contributed by atoms with E-state index in [1.54, 1.807) is 0 Å². The van der Waals surface area contributed by atoms with Gasteiger partial charge in [-0.3, -0.25) is 0 Å². The average molecular weight is 308 g/mol. The maximum absolute atomic E-state index is 3.32. The predicted octanol–water partition coefficient (Wildman–Crippen LogP) is 2.48. The summed E-state index contributed by atoms with van der Waals surface area (Å²) in [6.07, 6.45) is 0. The number of hydrogen-bond donors (Lipinski definition) is 0. The second-order valence-electron chi connectivity index (χ2n) is 5.23. The van der Waals surface area contributed by atoms with Gasteiger partial charge in [0.15, 0.2) is 0 Å². The molecule has 0 N–H and O–H groups in total. The Bertz CT molecular complexity index is 918. The third-order valence-corrected chi connectivity index (χ3v) is 4.33. The zero-order valence-electron chi connectivity index (χ0n) is 13.0. The van der Waals surface area contributed by atoms with Crippen molar-refractivity contribution in [1.29, 1.82) is 0 Å². The summed E-state index contributed by atoms with van der Waals surface area (Å²) in [5.74, 6) is 13.1. The first-order valence-corrected chi connectivity index (χ1v) is 8.57. The van der Waals surface area contributed by atoms with Crippen molar-refractivity contribution in [2.45, 2.75) is 0 Å². The van der Waals surface area contributed by atoms with Gasteiger partial charge in [0.25, 0.3) is 0 Å². The van der Waals surface area contributed by atoms with E-state index >= 15 is 0 Å². The van der Waals surface area contributed by atoms with Crippen LogP contribution >= 0.6 is 0 Å². The summed E-state index contributed by atoms with van der Waals surface area (Å²) in [5.41, 5.74) is 4.11. The highest BCUT2D eigenvalue weighted by Gasteiger charge is 2.00. The fourth-order valence-corrected chi connectivity index (χ4v) is 2.84. The van der Waals surface area contributed by atoms with Crippen molar-refractivity contribution >= 4 is 15.4 Å². The molecule has 3 aromatic rings. The average Bonchev–Trinajstić information content (AvgIpc) is 2.61. The van der Waals surface area contributed by atoms with Gasteiger partial charge in [-0.05, 0) is 30.3 Å². The molecule has 0 saturated carbocycles. The summed E-state index contributed by atoms with van der Waals surface area (Å²) < 4.78 is 0. The molecule has 0 bridgehead atoms. The molecule has 0 aromatic heterocycles. The van der Waals surface area contributed by atoms with Crippen LogP contribution in [-0.2, 0) is 0 Å². The quantitative estimate of drug-likeness (QED) is 0.442. The molecule has 0 unspecified atom stereocenters. The first kappa shape index (κ1) is 14.9. The van der Waals surface area contributed by atoms with Crippen LogP contribution in [0.2, 0.25) is 0 Å². The molecule has 0 amide bonds. The van der Waals surface area contributed by atoms with E-state index in [0.29, 0.717) is 0 Å². The summed E-state index contributed by atoms with van der Waals surface area (Å²) in [7, 11) is 0.958. The third kappa shape index (κ3) is 4.01. The molecule has 3 aromatic carbocycles. The topological polar surface area (TPSA) is 0 Å². The maximum Gasteiger partial charge on any atom is 0.0404 e. The molecule has 23 heavy (non-hydrogen) atoms. The summed E-state index contributed by atoms with van der Waals surface area (Å²) in [6.45, 7) is 0. The molecule has 0 heterocycles. The lowest BCUT2D eigenvalue weighted by Gasteiger charge is -2.01. The Balaban J connectivity index is 1.99. The molecule has 0 saturated heterocycles. The Kier molecular flexibility index (Phi) is 4.75. The molecule has 108 valence electrons. The Morgan fingerprint density at radius 3 is 1.70 bits per heavy atom. The van der Waals surface area contributed by atoms with Crippen LogP contribution in [0.15, 0.2) is 78.9 Å². The summed E-state index contributed by atoms with van der Waals surface area (Å²) in [6, 6.07) is 26.4. The van der Waals surface area contributed by atoms with Crippen molar-refractivity contribution in [3.63, 3.8) is 0 Å². The molecular formula is C22H16Si. The zero-order chi connectivity index (χ0) is 15.9. The van der Waals surface area contributed by atoms with Gasteiger partial charge in [-0.15, -0.1) is 0 Å². The van der Waals surface area contributed by atoms with E-state index in [0.717, 1.165) is 32.5 Å². The van der Waals surface area contributed by atoms with E-state index in [-0.39, 0.29) is 0 Å². The van der Waals surface area contributed by atoms with Gasteiger partial charge in [0, 0.05) is 32.5 Å². The van der Waals surface area contributed by atoms with Crippen molar-refractivity contribution in [3.05, 3.63) is 101 Å². The fraction of sp³-hybridized carbons (Fsp3) is 0. The molecule has 0 aliphatic rings. The molecule has 0 aliphatic heterocycles. The van der Waals surface area contributed by atoms with Crippen LogP contribution < -0.4 is 5.19 Å². The fourth-order valence-electron chi connectivity index (χ4n) is 2.25. The minimum Gasteiger partial charge on any atom is -0.0627 e. The zero-order valence-corrected chi connectivity index (χ0v) is 15.0. The Hall–Kier alpha value is -3.00. The highest BCUT2D eigenvalue weighted by Crippen LogP contribution is 2.05. The largest absolute Gasteiger partial charge is 0.0627 e. The molecule has 0 nitrogen and oxygen atoms in total. The van der Waals surface area contributed by atoms with Crippen LogP contribution in [-0.4, -0.2) is 10.2 Å². The van der Waals surface area contributed by atoms with Crippen molar-refractivity contribution in [1.82, 2.24) is 0 Å². The lowest BCUT2D eigenvalue weighted by Crippen LogP contribution is -2.09. The van der Waals surface area contributed by atoms with Gasteiger partial charge in [0.1, 0.15) is 0 Å². The van der Waals surface area contributed by atoms with Crippen molar-refractivity contribution < 1.29 is 0 Å². The molecule has 0 fully saturated rings. The first-order chi connectivity index (χ1) is 11.3. The minimum atomic E-state index is 0.958. The van der Waals surface area contributed by atoms with Crippen molar-refractivity contribution in [3.8, 4) is 23.7 Å². The standard InChI is InChI=1S/C22H16Si/c23-22-13-7-12-20(16-14-18-8-3-1-4-9-18)21(22)17-15-19-10-5-2-6-11-19/h1-13H,23H3. The van der Waals surface area contributed by atoms with Crippen LogP contribution in [0.1, 0.15) is 22.3 Å². The van der Waals surface area contributed by atoms with Gasteiger partial charge in [0.05, 0.1) is 0 Å². The van der Waals surface area contributed by atoms with Crippen LogP contribution in [0.25, 0.3) is 0 Å². The summed E-state index contributed by atoms with van der Waals surface area (Å²) in [4.78, 5) is 0. The molecule has 1 heteroatoms. The van der Waals surface area contributed by atoms with E-state index in [1.807, 2.05) is 66.7 Å². The second kappa shape index (κ2) is 7.32. The lowest BCUT2D eigenvalue weighted by atomic mass is 10.1. The molecule has 0 spiro atoms. The van der Waals surface area contributed by atoms with E-state index in [4.69, 9.17) is 0 Å². The predicted molar refractivity (Wildman–Crippen MR) is 101 cm³/mol. The van der Waals surface area contributed by atoms with Crippen LogP contribution in [0.4, 0.5) is 0 Å². The number of hydrogen-bond acceptors (Lipinski definition) is 0. The van der Waals surface area contributed by atoms with Crippen molar-refractivity contribution in [2.24, 2.45) is 0 Å². The van der Waals surface area contributed by atoms with Gasteiger partial charge in [-0.25, -0.2) is 0 Å². The SMILES string of the molecule is [SiH3]c1cccc(C#Cc2ccccc2)c1C#Cc1ccccc1. The van der Waals surface area contributed by atoms with E-state index in [9.17, 15) is 0 Å². The lowest BCUT2D eigenvalue weighted by molar-refractivity contribution is 1.61. The number of benzene rings is 3. The number of rotatable bonds is 0. The van der Waals surface area contributed by atoms with Gasteiger partial charge < -0.3 is 0 Å². The van der Waals surface area contributed by atoms with E-state index in [1.165, 1.54) is 5.19 Å². The van der Waals surface area contributed by atoms with Gasteiger partial charge in [-0.2, -0.15) is 0 Å². The third-order valence-electron chi connectivity index (χ3n) is 3.49. The highest BCUT2D eigenvalue weighted by atomic mass is 28.1. The van der Waals surface area contributed by atoms with E-state index in [2.05, 4.69) is 35.8 Å². The highest BCUT2D eigenvalue weighted by molar-refractivity contribution is 6.34. The van der Waals surface area contributed by atoms with Crippen molar-refractivity contribution in [2.75, 3.05) is 0 Å². The molecule has 0 radical (unpaired) electrons. The van der Waals surface area contributed by atoms with Gasteiger partial charge in [-0.1, -0.05) is 77.4 Å². The normalized spacial score (nSPS) is 9.39. The van der Waals surface area contributed by atoms with Crippen LogP contribution in [0, 0.1) is 23.7 Å². The Labute approximate surface area is 140 Å². The van der Waals surface area contributed by atoms with Gasteiger partial charge >= 0.3 is 0 Å². The summed E-state index contributed by atoms with van der Waals surface area (Å²) >= 11 is 0. The first-order valence-electron chi connectivity index (χ1n) is 7.57. The maximum atomic E-state index is 3.32.